The molecular weight excluding hydrogens is 352 g/mol. The lowest BCUT2D eigenvalue weighted by molar-refractivity contribution is 0.104. The molecule has 0 heterocycles. The topological polar surface area (TPSA) is 83.5 Å². The van der Waals surface area contributed by atoms with Crippen LogP contribution in [-0.4, -0.2) is 46.4 Å². The molecule has 0 amide bonds. The van der Waals surface area contributed by atoms with E-state index in [-0.39, 0.29) is 28.6 Å². The molecule has 0 aromatic heterocycles. The molecule has 7 heteroatoms. The Labute approximate surface area is 157 Å². The van der Waals surface area contributed by atoms with E-state index >= 15 is 0 Å². The van der Waals surface area contributed by atoms with E-state index in [9.17, 15) is 9.90 Å². The third kappa shape index (κ3) is 4.08. The number of ether oxygens (including phenoxy) is 5. The minimum atomic E-state index is -0.458. The number of ketones is 1. The second kappa shape index (κ2) is 8.84. The van der Waals surface area contributed by atoms with Crippen LogP contribution < -0.4 is 23.7 Å². The highest BCUT2D eigenvalue weighted by Gasteiger charge is 2.23. The van der Waals surface area contributed by atoms with Gasteiger partial charge in [0.1, 0.15) is 11.3 Å². The van der Waals surface area contributed by atoms with Gasteiger partial charge in [-0.05, 0) is 23.8 Å². The average molecular weight is 374 g/mol. The summed E-state index contributed by atoms with van der Waals surface area (Å²) in [5.41, 5.74) is 0.701. The Morgan fingerprint density at radius 2 is 1.44 bits per heavy atom. The van der Waals surface area contributed by atoms with E-state index < -0.39 is 5.78 Å². The molecule has 0 atom stereocenters. The van der Waals surface area contributed by atoms with E-state index in [0.717, 1.165) is 5.56 Å². The molecule has 0 saturated heterocycles. The molecule has 2 rings (SSSR count). The molecule has 27 heavy (non-hydrogen) atoms. The minimum absolute atomic E-state index is 0.0214. The number of aromatic hydroxyl groups is 1. The number of phenolic OH excluding ortho intramolecular Hbond substituents is 1. The van der Waals surface area contributed by atoms with Crippen molar-refractivity contribution in [2.24, 2.45) is 0 Å². The smallest absolute Gasteiger partial charge is 0.204 e. The monoisotopic (exact) mass is 374 g/mol. The van der Waals surface area contributed by atoms with Crippen LogP contribution in [0.2, 0.25) is 0 Å². The first-order chi connectivity index (χ1) is 13.0. The van der Waals surface area contributed by atoms with Crippen molar-refractivity contribution in [1.82, 2.24) is 0 Å². The van der Waals surface area contributed by atoms with Crippen molar-refractivity contribution in [3.05, 3.63) is 41.5 Å². The molecule has 0 radical (unpaired) electrons. The number of carbonyl (C=O) groups is 1. The lowest BCUT2D eigenvalue weighted by atomic mass is 10.0. The van der Waals surface area contributed by atoms with Gasteiger partial charge in [0.05, 0.1) is 35.5 Å². The summed E-state index contributed by atoms with van der Waals surface area (Å²) >= 11 is 0. The van der Waals surface area contributed by atoms with Crippen molar-refractivity contribution >= 4 is 11.9 Å². The molecule has 7 nitrogen and oxygen atoms in total. The van der Waals surface area contributed by atoms with Gasteiger partial charge in [-0.3, -0.25) is 4.79 Å². The number of benzene rings is 2. The standard InChI is InChI=1S/C20H22O7/c1-23-14-9-7-12(10-15(14)24-2)6-8-13(21)18-16(25-3)11-17(26-4)20(27-5)19(18)22/h6-11,22H,1-5H3. The highest BCUT2D eigenvalue weighted by Crippen LogP contribution is 2.44. The summed E-state index contributed by atoms with van der Waals surface area (Å²) in [4.78, 5) is 12.7. The van der Waals surface area contributed by atoms with Crippen molar-refractivity contribution in [3.63, 3.8) is 0 Å². The number of hydrogen-bond donors (Lipinski definition) is 1. The largest absolute Gasteiger partial charge is 0.504 e. The van der Waals surface area contributed by atoms with E-state index in [4.69, 9.17) is 23.7 Å². The molecule has 2 aromatic rings. The summed E-state index contributed by atoms with van der Waals surface area (Å²) in [6, 6.07) is 6.72. The summed E-state index contributed by atoms with van der Waals surface area (Å²) in [7, 11) is 7.27. The van der Waals surface area contributed by atoms with Crippen LogP contribution in [-0.2, 0) is 0 Å². The maximum atomic E-state index is 12.7. The van der Waals surface area contributed by atoms with Crippen molar-refractivity contribution in [1.29, 1.82) is 0 Å². The maximum absolute atomic E-state index is 12.7. The summed E-state index contributed by atoms with van der Waals surface area (Å²) in [5.74, 6) is 0.801. The van der Waals surface area contributed by atoms with Gasteiger partial charge in [-0.25, -0.2) is 0 Å². The van der Waals surface area contributed by atoms with Crippen molar-refractivity contribution in [2.75, 3.05) is 35.5 Å². The molecular formula is C20H22O7. The van der Waals surface area contributed by atoms with Crippen LogP contribution in [0, 0.1) is 0 Å². The zero-order chi connectivity index (χ0) is 20.0. The van der Waals surface area contributed by atoms with E-state index in [2.05, 4.69) is 0 Å². The molecule has 0 aliphatic heterocycles. The Morgan fingerprint density at radius 3 is 2.00 bits per heavy atom. The average Bonchev–Trinajstić information content (AvgIpc) is 2.70. The fourth-order valence-electron chi connectivity index (χ4n) is 2.56. The zero-order valence-corrected chi connectivity index (χ0v) is 15.9. The lowest BCUT2D eigenvalue weighted by Gasteiger charge is -2.15. The highest BCUT2D eigenvalue weighted by molar-refractivity contribution is 6.11. The first-order valence-corrected chi connectivity index (χ1v) is 7.97. The second-order valence-corrected chi connectivity index (χ2v) is 5.35. The molecule has 144 valence electrons. The number of allylic oxidation sites excluding steroid dienone is 1. The van der Waals surface area contributed by atoms with E-state index in [1.807, 2.05) is 0 Å². The summed E-state index contributed by atoms with van der Waals surface area (Å²) in [6.07, 6.45) is 2.92. The van der Waals surface area contributed by atoms with Crippen molar-refractivity contribution in [2.45, 2.75) is 0 Å². The van der Waals surface area contributed by atoms with Crippen molar-refractivity contribution in [3.8, 4) is 34.5 Å². The normalized spacial score (nSPS) is 10.6. The molecule has 1 N–H and O–H groups in total. The van der Waals surface area contributed by atoms with Crippen LogP contribution in [0.15, 0.2) is 30.3 Å². The molecule has 2 aromatic carbocycles. The Kier molecular flexibility index (Phi) is 6.54. The maximum Gasteiger partial charge on any atom is 0.204 e. The number of methoxy groups -OCH3 is 5. The van der Waals surface area contributed by atoms with Crippen LogP contribution in [0.4, 0.5) is 0 Å². The Bertz CT molecular complexity index is 856. The minimum Gasteiger partial charge on any atom is -0.504 e. The Morgan fingerprint density at radius 1 is 0.815 bits per heavy atom. The van der Waals surface area contributed by atoms with E-state index in [1.165, 1.54) is 40.6 Å². The van der Waals surface area contributed by atoms with Crippen LogP contribution >= 0.6 is 0 Å². The highest BCUT2D eigenvalue weighted by atomic mass is 16.5. The number of carbonyl (C=O) groups excluding carboxylic acids is 1. The number of phenols is 1. The van der Waals surface area contributed by atoms with E-state index in [1.54, 1.807) is 31.4 Å². The third-order valence-electron chi connectivity index (χ3n) is 3.91. The van der Waals surface area contributed by atoms with Gasteiger partial charge in [-0.15, -0.1) is 0 Å². The van der Waals surface area contributed by atoms with Gasteiger partial charge in [-0.1, -0.05) is 12.1 Å². The van der Waals surface area contributed by atoms with Gasteiger partial charge in [0.2, 0.25) is 5.75 Å². The number of rotatable bonds is 8. The molecule has 0 aliphatic rings. The molecule has 0 unspecified atom stereocenters. The molecule has 0 saturated carbocycles. The van der Waals surface area contributed by atoms with Gasteiger partial charge >= 0.3 is 0 Å². The van der Waals surface area contributed by atoms with Crippen LogP contribution in [0.5, 0.6) is 34.5 Å². The van der Waals surface area contributed by atoms with Crippen LogP contribution in [0.1, 0.15) is 15.9 Å². The predicted molar refractivity (Wildman–Crippen MR) is 101 cm³/mol. The third-order valence-corrected chi connectivity index (χ3v) is 3.91. The summed E-state index contributed by atoms with van der Waals surface area (Å²) < 4.78 is 25.9. The molecule has 0 spiro atoms. The second-order valence-electron chi connectivity index (χ2n) is 5.35. The van der Waals surface area contributed by atoms with Gasteiger partial charge in [-0.2, -0.15) is 0 Å². The molecule has 0 bridgehead atoms. The lowest BCUT2D eigenvalue weighted by Crippen LogP contribution is -2.03. The van der Waals surface area contributed by atoms with Gasteiger partial charge in [0.15, 0.2) is 28.8 Å². The van der Waals surface area contributed by atoms with Gasteiger partial charge < -0.3 is 28.8 Å². The summed E-state index contributed by atoms with van der Waals surface area (Å²) in [6.45, 7) is 0. The predicted octanol–water partition coefficient (Wildman–Crippen LogP) is 3.33. The molecule has 0 aliphatic carbocycles. The van der Waals surface area contributed by atoms with Crippen LogP contribution in [0.25, 0.3) is 6.08 Å². The SMILES string of the molecule is COc1ccc(C=CC(=O)c2c(OC)cc(OC)c(OC)c2O)cc1OC. The Balaban J connectivity index is 2.42. The first-order valence-electron chi connectivity index (χ1n) is 7.97. The van der Waals surface area contributed by atoms with Gasteiger partial charge in [0, 0.05) is 6.07 Å². The quantitative estimate of drug-likeness (QED) is 0.560. The fraction of sp³-hybridized carbons (Fsp3) is 0.250. The fourth-order valence-corrected chi connectivity index (χ4v) is 2.56. The number of hydrogen-bond acceptors (Lipinski definition) is 7. The van der Waals surface area contributed by atoms with Crippen LogP contribution in [0.3, 0.4) is 0 Å². The van der Waals surface area contributed by atoms with E-state index in [0.29, 0.717) is 11.5 Å². The zero-order valence-electron chi connectivity index (χ0n) is 15.9. The Hall–Kier alpha value is -3.35. The molecule has 0 fully saturated rings. The summed E-state index contributed by atoms with van der Waals surface area (Å²) in [5, 5.41) is 10.5. The van der Waals surface area contributed by atoms with Crippen molar-refractivity contribution < 1.29 is 33.6 Å². The van der Waals surface area contributed by atoms with Gasteiger partial charge in [0.25, 0.3) is 0 Å². The first kappa shape index (κ1) is 20.0.